The molecule has 10 heteroatoms. The van der Waals surface area contributed by atoms with Crippen molar-refractivity contribution in [2.75, 3.05) is 17.2 Å². The van der Waals surface area contributed by atoms with Crippen LogP contribution >= 0.6 is 34.5 Å². The molecule has 31 heavy (non-hydrogen) atoms. The van der Waals surface area contributed by atoms with Crippen LogP contribution in [-0.2, 0) is 16.7 Å². The number of anilines is 1. The number of aryl methyl sites for hydroxylation is 1. The molecule has 1 aliphatic heterocycles. The lowest BCUT2D eigenvalue weighted by Gasteiger charge is -2.16. The summed E-state index contributed by atoms with van der Waals surface area (Å²) in [6, 6.07) is 11.2. The molecule has 0 atom stereocenters. The van der Waals surface area contributed by atoms with E-state index < -0.39 is 10.1 Å². The molecular weight excluding hydrogens is 479 g/mol. The topological polar surface area (TPSA) is 70.7 Å². The van der Waals surface area contributed by atoms with Gasteiger partial charge < -0.3 is 9.64 Å². The van der Waals surface area contributed by atoms with E-state index in [0.29, 0.717) is 22.5 Å². The highest BCUT2D eigenvalue weighted by Gasteiger charge is 2.29. The molecule has 2 aromatic carbocycles. The van der Waals surface area contributed by atoms with Gasteiger partial charge in [-0.2, -0.15) is 13.0 Å². The molecule has 1 aliphatic rings. The molecule has 0 saturated carbocycles. The van der Waals surface area contributed by atoms with Crippen molar-refractivity contribution in [1.82, 2.24) is 0 Å². The highest BCUT2D eigenvalue weighted by Crippen LogP contribution is 2.41. The molecule has 3 aromatic rings. The number of thiazole rings is 1. The maximum absolute atomic E-state index is 11.2. The minimum absolute atomic E-state index is 0.271. The molecule has 1 N–H and O–H groups in total. The summed E-state index contributed by atoms with van der Waals surface area (Å²) >= 11 is 14.0. The molecule has 0 aliphatic carbocycles. The van der Waals surface area contributed by atoms with Crippen molar-refractivity contribution in [3.8, 4) is 5.75 Å². The minimum atomic E-state index is -4.03. The highest BCUT2D eigenvalue weighted by molar-refractivity contribution is 7.85. The first-order valence-electron chi connectivity index (χ1n) is 9.79. The fraction of sp³-hybridized carbons (Fsp3) is 0.286. The van der Waals surface area contributed by atoms with Gasteiger partial charge in [-0.25, -0.2) is 0 Å². The highest BCUT2D eigenvalue weighted by atomic mass is 35.5. The summed E-state index contributed by atoms with van der Waals surface area (Å²) in [4.78, 5) is 2.08. The zero-order valence-corrected chi connectivity index (χ0v) is 19.9. The molecule has 0 radical (unpaired) electrons. The molecule has 6 nitrogen and oxygen atoms in total. The number of nitrogens with zero attached hydrogens (tertiary/aromatic N) is 2. The molecule has 0 amide bonds. The second-order valence-electron chi connectivity index (χ2n) is 7.19. The van der Waals surface area contributed by atoms with Crippen molar-refractivity contribution in [3.05, 3.63) is 57.3 Å². The van der Waals surface area contributed by atoms with Crippen LogP contribution in [0.1, 0.15) is 24.8 Å². The van der Waals surface area contributed by atoms with Crippen molar-refractivity contribution in [2.45, 2.75) is 26.3 Å². The van der Waals surface area contributed by atoms with Gasteiger partial charge in [-0.3, -0.25) is 4.55 Å². The van der Waals surface area contributed by atoms with E-state index in [1.54, 1.807) is 17.4 Å². The molecule has 0 fully saturated rings. The number of fused-ring (bicyclic) bond motifs is 2. The summed E-state index contributed by atoms with van der Waals surface area (Å²) in [6.07, 6.45) is 3.14. The lowest BCUT2D eigenvalue weighted by Crippen LogP contribution is -2.36. The molecule has 0 spiro atoms. The Balaban J connectivity index is 1.76. The Morgan fingerprint density at radius 2 is 1.94 bits per heavy atom. The average Bonchev–Trinajstić information content (AvgIpc) is 3.19. The molecule has 1 aromatic heterocycles. The van der Waals surface area contributed by atoms with Crippen molar-refractivity contribution >= 4 is 66.6 Å². The van der Waals surface area contributed by atoms with E-state index in [0.717, 1.165) is 39.6 Å². The molecule has 0 saturated heterocycles. The van der Waals surface area contributed by atoms with E-state index in [9.17, 15) is 8.42 Å². The summed E-state index contributed by atoms with van der Waals surface area (Å²) in [5, 5.41) is 2.13. The van der Waals surface area contributed by atoms with Gasteiger partial charge >= 0.3 is 0 Å². The van der Waals surface area contributed by atoms with Crippen LogP contribution in [0.15, 0.2) is 42.3 Å². The fourth-order valence-electron chi connectivity index (χ4n) is 3.56. The van der Waals surface area contributed by atoms with Gasteiger partial charge in [-0.05, 0) is 36.8 Å². The Morgan fingerprint density at radius 1 is 1.19 bits per heavy atom. The maximum Gasteiger partial charge on any atom is 0.268 e. The zero-order valence-electron chi connectivity index (χ0n) is 16.7. The normalized spacial score (nSPS) is 15.0. The van der Waals surface area contributed by atoms with Gasteiger partial charge in [0.15, 0.2) is 12.3 Å². The monoisotopic (exact) mass is 499 g/mol. The van der Waals surface area contributed by atoms with Gasteiger partial charge in [-0.1, -0.05) is 41.5 Å². The zero-order chi connectivity index (χ0) is 22.2. The number of hydrogen-bond donors (Lipinski definition) is 1. The number of ether oxygens (including phenoxy) is 1. The van der Waals surface area contributed by atoms with Gasteiger partial charge in [0, 0.05) is 29.1 Å². The van der Waals surface area contributed by atoms with E-state index in [4.69, 9.17) is 32.5 Å². The first kappa shape index (κ1) is 22.4. The van der Waals surface area contributed by atoms with Gasteiger partial charge in [0.2, 0.25) is 11.4 Å². The summed E-state index contributed by atoms with van der Waals surface area (Å²) < 4.78 is 40.6. The Kier molecular flexibility index (Phi) is 6.46. The van der Waals surface area contributed by atoms with Gasteiger partial charge in [-0.15, -0.1) is 0 Å². The van der Waals surface area contributed by atoms with E-state index >= 15 is 0 Å². The van der Waals surface area contributed by atoms with Crippen LogP contribution in [-0.4, -0.2) is 25.3 Å². The Hall–Kier alpha value is -1.84. The van der Waals surface area contributed by atoms with Crippen molar-refractivity contribution in [3.63, 3.8) is 0 Å². The van der Waals surface area contributed by atoms with Crippen molar-refractivity contribution in [1.29, 1.82) is 0 Å². The predicted molar refractivity (Wildman–Crippen MR) is 126 cm³/mol. The third-order valence-corrected chi connectivity index (χ3v) is 7.25. The van der Waals surface area contributed by atoms with Crippen LogP contribution in [0.25, 0.3) is 16.3 Å². The van der Waals surface area contributed by atoms with Crippen LogP contribution in [0.2, 0.25) is 10.0 Å². The van der Waals surface area contributed by atoms with E-state index in [2.05, 4.69) is 11.8 Å². The standard InChI is InChI=1S/C21H20Cl2N2O4S2/c1-2-8-24-16-11-14(22)4-6-18(16)29-20(24)13-21-25(9-3-10-31(26,27)28)17-12-15(23)5-7-19(17)30-21/h4-7,11-13H,2-3,8-10H2,1H3/p+1. The number of rotatable bonds is 7. The van der Waals surface area contributed by atoms with E-state index in [-0.39, 0.29) is 12.2 Å². The van der Waals surface area contributed by atoms with Crippen LogP contribution in [0.4, 0.5) is 5.69 Å². The predicted octanol–water partition coefficient (Wildman–Crippen LogP) is 5.38. The fourth-order valence-corrected chi connectivity index (χ4v) is 5.48. The lowest BCUT2D eigenvalue weighted by molar-refractivity contribution is -0.668. The smallest absolute Gasteiger partial charge is 0.268 e. The van der Waals surface area contributed by atoms with Gasteiger partial charge in [0.25, 0.3) is 15.1 Å². The van der Waals surface area contributed by atoms with Gasteiger partial charge in [0.1, 0.15) is 4.70 Å². The summed E-state index contributed by atoms with van der Waals surface area (Å²) in [5.74, 6) is 1.11. The van der Waals surface area contributed by atoms with E-state index in [1.165, 1.54) is 0 Å². The molecular formula is C21H21Cl2N2O4S2+. The van der Waals surface area contributed by atoms with Crippen LogP contribution < -0.4 is 14.2 Å². The third kappa shape index (κ3) is 4.99. The number of hydrogen-bond acceptors (Lipinski definition) is 5. The van der Waals surface area contributed by atoms with Gasteiger partial charge in [0.05, 0.1) is 17.5 Å². The first-order chi connectivity index (χ1) is 14.7. The van der Waals surface area contributed by atoms with Crippen LogP contribution in [0, 0.1) is 0 Å². The molecule has 0 unspecified atom stereocenters. The van der Waals surface area contributed by atoms with Crippen LogP contribution in [0.5, 0.6) is 5.75 Å². The average molecular weight is 500 g/mol. The number of benzene rings is 2. The van der Waals surface area contributed by atoms with Crippen LogP contribution in [0.3, 0.4) is 0 Å². The number of halogens is 2. The Labute approximate surface area is 195 Å². The summed E-state index contributed by atoms with van der Waals surface area (Å²) in [7, 11) is -4.03. The van der Waals surface area contributed by atoms with Crippen molar-refractivity contribution in [2.24, 2.45) is 0 Å². The SMILES string of the molecule is CCCN1/C(=C\c2sc3ccc(Cl)cc3[n+]2CCCS(=O)(=O)O)Oc2ccc(Cl)cc21. The molecule has 164 valence electrons. The Morgan fingerprint density at radius 3 is 2.68 bits per heavy atom. The quantitative estimate of drug-likeness (QED) is 0.349. The second kappa shape index (κ2) is 8.96. The lowest BCUT2D eigenvalue weighted by atomic mass is 10.2. The molecule has 4 rings (SSSR count). The molecule has 2 heterocycles. The maximum atomic E-state index is 11.2. The summed E-state index contributed by atoms with van der Waals surface area (Å²) in [6.45, 7) is 3.27. The third-order valence-electron chi connectivity index (χ3n) is 4.86. The van der Waals surface area contributed by atoms with Crippen molar-refractivity contribution < 1.29 is 22.3 Å². The Bertz CT molecular complexity index is 1270. The largest absolute Gasteiger partial charge is 0.438 e. The number of aromatic nitrogens is 1. The summed E-state index contributed by atoms with van der Waals surface area (Å²) in [5.41, 5.74) is 1.82. The minimum Gasteiger partial charge on any atom is -0.438 e. The van der Waals surface area contributed by atoms with E-state index in [1.807, 2.05) is 41.0 Å². The molecule has 0 bridgehead atoms. The second-order valence-corrected chi connectivity index (χ2v) is 10.7. The first-order valence-corrected chi connectivity index (χ1v) is 13.0.